The number of likely N-dealkylation sites (N-methyl/N-ethyl adjacent to an activating group) is 1. The number of halogens is 1. The number of benzene rings is 1. The van der Waals surface area contributed by atoms with Crippen molar-refractivity contribution in [3.8, 4) is 0 Å². The molecule has 0 amide bonds. The molecule has 1 aliphatic heterocycles. The maximum atomic E-state index is 6.07. The molecular formula is C10H13ClN2. The number of hydrogen-bond donors (Lipinski definition) is 2. The van der Waals surface area contributed by atoms with E-state index in [1.807, 2.05) is 19.2 Å². The molecule has 0 saturated carbocycles. The second kappa shape index (κ2) is 3.56. The van der Waals surface area contributed by atoms with Gasteiger partial charge in [-0.15, -0.1) is 0 Å². The van der Waals surface area contributed by atoms with Crippen LogP contribution in [0.3, 0.4) is 0 Å². The van der Waals surface area contributed by atoms with Crippen LogP contribution in [0.4, 0.5) is 5.69 Å². The highest BCUT2D eigenvalue weighted by Crippen LogP contribution is 2.31. The van der Waals surface area contributed by atoms with Gasteiger partial charge in [0.15, 0.2) is 0 Å². The van der Waals surface area contributed by atoms with Crippen molar-refractivity contribution in [2.24, 2.45) is 0 Å². The fourth-order valence-corrected chi connectivity index (χ4v) is 2.04. The lowest BCUT2D eigenvalue weighted by Gasteiger charge is -2.08. The van der Waals surface area contributed by atoms with Gasteiger partial charge in [0.1, 0.15) is 0 Å². The van der Waals surface area contributed by atoms with Crippen LogP contribution in [0, 0.1) is 0 Å². The van der Waals surface area contributed by atoms with Crippen LogP contribution in [0.2, 0.25) is 5.02 Å². The summed E-state index contributed by atoms with van der Waals surface area (Å²) in [5, 5.41) is 7.47. The van der Waals surface area contributed by atoms with E-state index in [0.717, 1.165) is 18.0 Å². The van der Waals surface area contributed by atoms with E-state index in [-0.39, 0.29) is 0 Å². The van der Waals surface area contributed by atoms with Gasteiger partial charge in [0.2, 0.25) is 0 Å². The molecule has 1 aliphatic rings. The standard InChI is InChI=1S/C10H13ClN2/c1-12-6-7-5-8-9(11)3-2-4-10(8)13-7/h2-4,7,12-13H,5-6H2,1H3. The molecular weight excluding hydrogens is 184 g/mol. The molecule has 0 saturated heterocycles. The highest BCUT2D eigenvalue weighted by atomic mass is 35.5. The Morgan fingerprint density at radius 3 is 3.15 bits per heavy atom. The summed E-state index contributed by atoms with van der Waals surface area (Å²) in [4.78, 5) is 0. The second-order valence-electron chi connectivity index (χ2n) is 3.37. The Morgan fingerprint density at radius 2 is 2.46 bits per heavy atom. The molecule has 0 aromatic heterocycles. The molecule has 2 nitrogen and oxygen atoms in total. The molecule has 0 bridgehead atoms. The lowest BCUT2D eigenvalue weighted by Crippen LogP contribution is -2.28. The predicted octanol–water partition coefficient (Wildman–Crippen LogP) is 1.90. The SMILES string of the molecule is CNCC1Cc2c(Cl)cccc2N1. The van der Waals surface area contributed by atoms with Crippen LogP contribution >= 0.6 is 11.6 Å². The predicted molar refractivity (Wildman–Crippen MR) is 56.5 cm³/mol. The van der Waals surface area contributed by atoms with E-state index in [9.17, 15) is 0 Å². The molecule has 70 valence electrons. The largest absolute Gasteiger partial charge is 0.380 e. The molecule has 0 aliphatic carbocycles. The van der Waals surface area contributed by atoms with Crippen molar-refractivity contribution in [1.82, 2.24) is 5.32 Å². The average Bonchev–Trinajstić information content (AvgIpc) is 2.49. The molecule has 3 heteroatoms. The molecule has 1 aromatic rings. The van der Waals surface area contributed by atoms with Crippen molar-refractivity contribution in [2.45, 2.75) is 12.5 Å². The van der Waals surface area contributed by atoms with Crippen molar-refractivity contribution in [3.63, 3.8) is 0 Å². The minimum atomic E-state index is 0.486. The molecule has 0 radical (unpaired) electrons. The third-order valence-corrected chi connectivity index (χ3v) is 2.73. The van der Waals surface area contributed by atoms with E-state index in [4.69, 9.17) is 11.6 Å². The summed E-state index contributed by atoms with van der Waals surface area (Å²) in [6, 6.07) is 6.50. The van der Waals surface area contributed by atoms with Gasteiger partial charge in [-0.3, -0.25) is 0 Å². The molecule has 0 spiro atoms. The van der Waals surface area contributed by atoms with Gasteiger partial charge in [-0.2, -0.15) is 0 Å². The van der Waals surface area contributed by atoms with E-state index in [0.29, 0.717) is 6.04 Å². The van der Waals surface area contributed by atoms with Crippen molar-refractivity contribution in [3.05, 3.63) is 28.8 Å². The monoisotopic (exact) mass is 196 g/mol. The minimum absolute atomic E-state index is 0.486. The summed E-state index contributed by atoms with van der Waals surface area (Å²) >= 11 is 6.07. The van der Waals surface area contributed by atoms with Crippen molar-refractivity contribution in [1.29, 1.82) is 0 Å². The number of rotatable bonds is 2. The second-order valence-corrected chi connectivity index (χ2v) is 3.78. The normalized spacial score (nSPS) is 19.7. The van der Waals surface area contributed by atoms with Gasteiger partial charge >= 0.3 is 0 Å². The maximum absolute atomic E-state index is 6.07. The number of hydrogen-bond acceptors (Lipinski definition) is 2. The molecule has 1 aromatic carbocycles. The molecule has 1 unspecified atom stereocenters. The molecule has 0 fully saturated rings. The Hall–Kier alpha value is -0.730. The number of anilines is 1. The van der Waals surface area contributed by atoms with E-state index in [1.165, 1.54) is 11.3 Å². The van der Waals surface area contributed by atoms with E-state index >= 15 is 0 Å². The zero-order chi connectivity index (χ0) is 9.26. The van der Waals surface area contributed by atoms with Gasteiger partial charge in [-0.05, 0) is 31.2 Å². The van der Waals surface area contributed by atoms with E-state index in [2.05, 4.69) is 16.7 Å². The van der Waals surface area contributed by atoms with Crippen LogP contribution in [0.15, 0.2) is 18.2 Å². The molecule has 2 rings (SSSR count). The third kappa shape index (κ3) is 1.64. The molecule has 1 heterocycles. The maximum Gasteiger partial charge on any atom is 0.0459 e. The van der Waals surface area contributed by atoms with Gasteiger partial charge in [0.05, 0.1) is 0 Å². The van der Waals surface area contributed by atoms with Gasteiger partial charge in [-0.25, -0.2) is 0 Å². The van der Waals surface area contributed by atoms with Crippen molar-refractivity contribution >= 4 is 17.3 Å². The fourth-order valence-electron chi connectivity index (χ4n) is 1.79. The topological polar surface area (TPSA) is 24.1 Å². The molecule has 13 heavy (non-hydrogen) atoms. The lowest BCUT2D eigenvalue weighted by molar-refractivity contribution is 0.674. The Kier molecular flexibility index (Phi) is 2.42. The van der Waals surface area contributed by atoms with Crippen molar-refractivity contribution in [2.75, 3.05) is 18.9 Å². The van der Waals surface area contributed by atoms with Gasteiger partial charge < -0.3 is 10.6 Å². The quantitative estimate of drug-likeness (QED) is 0.755. The average molecular weight is 197 g/mol. The summed E-state index contributed by atoms with van der Waals surface area (Å²) in [5.74, 6) is 0. The smallest absolute Gasteiger partial charge is 0.0459 e. The summed E-state index contributed by atoms with van der Waals surface area (Å²) in [7, 11) is 1.96. The summed E-state index contributed by atoms with van der Waals surface area (Å²) in [6.07, 6.45) is 1.02. The minimum Gasteiger partial charge on any atom is -0.380 e. The van der Waals surface area contributed by atoms with Crippen LogP contribution < -0.4 is 10.6 Å². The highest BCUT2D eigenvalue weighted by molar-refractivity contribution is 6.31. The first kappa shape index (κ1) is 8.85. The Labute approximate surface area is 83.3 Å². The summed E-state index contributed by atoms with van der Waals surface area (Å²) < 4.78 is 0. The molecule has 2 N–H and O–H groups in total. The first-order chi connectivity index (χ1) is 6.31. The zero-order valence-electron chi connectivity index (χ0n) is 7.60. The van der Waals surface area contributed by atoms with Crippen molar-refractivity contribution < 1.29 is 0 Å². The summed E-state index contributed by atoms with van der Waals surface area (Å²) in [5.41, 5.74) is 2.44. The van der Waals surface area contributed by atoms with Gasteiger partial charge in [0, 0.05) is 23.3 Å². The van der Waals surface area contributed by atoms with Crippen LogP contribution in [0.1, 0.15) is 5.56 Å². The molecule has 1 atom stereocenters. The lowest BCUT2D eigenvalue weighted by atomic mass is 10.1. The van der Waals surface area contributed by atoms with Crippen LogP contribution in [0.5, 0.6) is 0 Å². The first-order valence-electron chi connectivity index (χ1n) is 4.50. The van der Waals surface area contributed by atoms with Crippen LogP contribution in [-0.2, 0) is 6.42 Å². The summed E-state index contributed by atoms with van der Waals surface area (Å²) in [6.45, 7) is 0.977. The third-order valence-electron chi connectivity index (χ3n) is 2.38. The fraction of sp³-hybridized carbons (Fsp3) is 0.400. The number of fused-ring (bicyclic) bond motifs is 1. The van der Waals surface area contributed by atoms with Crippen LogP contribution in [0.25, 0.3) is 0 Å². The number of nitrogens with one attached hydrogen (secondary N) is 2. The van der Waals surface area contributed by atoms with Crippen LogP contribution in [-0.4, -0.2) is 19.6 Å². The van der Waals surface area contributed by atoms with E-state index < -0.39 is 0 Å². The Balaban J connectivity index is 2.20. The van der Waals surface area contributed by atoms with Gasteiger partial charge in [-0.1, -0.05) is 17.7 Å². The Bertz CT molecular complexity index is 312. The van der Waals surface area contributed by atoms with Gasteiger partial charge in [0.25, 0.3) is 0 Å². The first-order valence-corrected chi connectivity index (χ1v) is 4.87. The van der Waals surface area contributed by atoms with E-state index in [1.54, 1.807) is 0 Å². The Morgan fingerprint density at radius 1 is 1.62 bits per heavy atom. The highest BCUT2D eigenvalue weighted by Gasteiger charge is 2.21. The zero-order valence-corrected chi connectivity index (χ0v) is 8.36.